The van der Waals surface area contributed by atoms with Gasteiger partial charge in [-0.25, -0.2) is 9.37 Å². The lowest BCUT2D eigenvalue weighted by atomic mass is 10.0. The molecule has 0 radical (unpaired) electrons. The monoisotopic (exact) mass is 468 g/mol. The van der Waals surface area contributed by atoms with E-state index in [-0.39, 0.29) is 11.6 Å². The maximum absolute atomic E-state index is 14.4. The molecule has 1 aromatic carbocycles. The van der Waals surface area contributed by atoms with Gasteiger partial charge in [0.2, 0.25) is 0 Å². The highest BCUT2D eigenvalue weighted by atomic mass is 19.1. The third-order valence-electron chi connectivity index (χ3n) is 6.49. The van der Waals surface area contributed by atoms with Crippen molar-refractivity contribution in [3.05, 3.63) is 54.1 Å². The molecule has 2 aromatic heterocycles. The minimum Gasteiger partial charge on any atom is -0.497 e. The molecule has 2 aliphatic heterocycles. The number of aliphatic hydroxyl groups is 1. The molecule has 9 heteroatoms. The van der Waals surface area contributed by atoms with Gasteiger partial charge in [0, 0.05) is 43.0 Å². The molecule has 3 aromatic rings. The minimum atomic E-state index is -0.748. The Morgan fingerprint density at radius 3 is 2.91 bits per heavy atom. The number of benzene rings is 1. The molecule has 1 fully saturated rings. The highest BCUT2D eigenvalue weighted by Gasteiger charge is 2.26. The van der Waals surface area contributed by atoms with Crippen LogP contribution in [0.4, 0.5) is 4.39 Å². The molecule has 2 aliphatic rings. The number of nitrogens with zero attached hydrogens (tertiary/aromatic N) is 3. The standard InChI is InChI=1S/C25H29FN4O4/c1-32-17-11-20-19(4-8-27-24(20)21(26)12-17)22(31)14-30-9-5-16(6-10-30)29-13-18-15-33-23-3-2-7-28-25(23)34-18/h2-4,7-8,11-12,16,18,22,29,31H,5-6,9-10,13-15H2,1H3/t18-,22+/m1/s1. The molecule has 0 aliphatic carbocycles. The topological polar surface area (TPSA) is 89.0 Å². The molecule has 0 bridgehead atoms. The fraction of sp³-hybridized carbons (Fsp3) is 0.440. The van der Waals surface area contributed by atoms with Crippen molar-refractivity contribution >= 4 is 10.9 Å². The number of piperidine rings is 1. The number of hydrogen-bond acceptors (Lipinski definition) is 8. The van der Waals surface area contributed by atoms with Crippen molar-refractivity contribution in [3.63, 3.8) is 0 Å². The molecule has 180 valence electrons. The number of fused-ring (bicyclic) bond motifs is 2. The number of likely N-dealkylation sites (tertiary alicyclic amines) is 1. The highest BCUT2D eigenvalue weighted by Crippen LogP contribution is 2.30. The van der Waals surface area contributed by atoms with Crippen LogP contribution in [0.15, 0.2) is 42.7 Å². The van der Waals surface area contributed by atoms with E-state index in [4.69, 9.17) is 14.2 Å². The number of ether oxygens (including phenoxy) is 3. The first-order valence-corrected chi connectivity index (χ1v) is 11.6. The Morgan fingerprint density at radius 1 is 1.24 bits per heavy atom. The van der Waals surface area contributed by atoms with Crippen molar-refractivity contribution in [3.8, 4) is 17.4 Å². The Balaban J connectivity index is 1.13. The van der Waals surface area contributed by atoms with Gasteiger partial charge in [0.25, 0.3) is 5.88 Å². The van der Waals surface area contributed by atoms with Gasteiger partial charge in [-0.2, -0.15) is 0 Å². The second-order valence-electron chi connectivity index (χ2n) is 8.76. The molecule has 2 atom stereocenters. The van der Waals surface area contributed by atoms with E-state index in [1.165, 1.54) is 19.4 Å². The molecule has 34 heavy (non-hydrogen) atoms. The second kappa shape index (κ2) is 10.1. The van der Waals surface area contributed by atoms with E-state index in [0.717, 1.165) is 25.9 Å². The van der Waals surface area contributed by atoms with Crippen LogP contribution < -0.4 is 19.5 Å². The normalized spacial score (nSPS) is 19.8. The number of aliphatic hydroxyl groups excluding tert-OH is 1. The average Bonchev–Trinajstić information content (AvgIpc) is 2.87. The maximum atomic E-state index is 14.4. The molecular weight excluding hydrogens is 439 g/mol. The summed E-state index contributed by atoms with van der Waals surface area (Å²) in [5.74, 6) is 1.19. The first-order chi connectivity index (χ1) is 16.6. The smallest absolute Gasteiger partial charge is 0.257 e. The molecular formula is C25H29FN4O4. The number of aromatic nitrogens is 2. The van der Waals surface area contributed by atoms with E-state index in [2.05, 4.69) is 20.2 Å². The van der Waals surface area contributed by atoms with Crippen LogP contribution in [0.25, 0.3) is 10.9 Å². The summed E-state index contributed by atoms with van der Waals surface area (Å²) >= 11 is 0. The summed E-state index contributed by atoms with van der Waals surface area (Å²) < 4.78 is 31.2. The third kappa shape index (κ3) is 4.91. The number of rotatable bonds is 7. The van der Waals surface area contributed by atoms with Crippen molar-refractivity contribution in [1.29, 1.82) is 0 Å². The largest absolute Gasteiger partial charge is 0.497 e. The van der Waals surface area contributed by atoms with Gasteiger partial charge in [-0.1, -0.05) is 0 Å². The van der Waals surface area contributed by atoms with Crippen molar-refractivity contribution in [2.75, 3.05) is 39.9 Å². The number of methoxy groups -OCH3 is 1. The van der Waals surface area contributed by atoms with Crippen LogP contribution in [0, 0.1) is 5.82 Å². The molecule has 0 unspecified atom stereocenters. The van der Waals surface area contributed by atoms with Gasteiger partial charge in [0.05, 0.1) is 13.2 Å². The zero-order valence-corrected chi connectivity index (χ0v) is 19.1. The first-order valence-electron chi connectivity index (χ1n) is 11.6. The van der Waals surface area contributed by atoms with Gasteiger partial charge in [-0.05, 0) is 55.8 Å². The van der Waals surface area contributed by atoms with E-state index in [9.17, 15) is 9.50 Å². The SMILES string of the molecule is COc1cc(F)c2nccc([C@@H](O)CN3CCC(NC[C@@H]4COc5cccnc5O4)CC3)c2c1. The van der Waals surface area contributed by atoms with Crippen LogP contribution >= 0.6 is 0 Å². The first kappa shape index (κ1) is 22.8. The lowest BCUT2D eigenvalue weighted by Crippen LogP contribution is -2.47. The van der Waals surface area contributed by atoms with Gasteiger partial charge in [-0.15, -0.1) is 0 Å². The number of halogens is 1. The molecule has 0 spiro atoms. The number of β-amino-alcohol motifs (C(OH)–C–C–N with tert-alkyl or cyclic N) is 1. The lowest BCUT2D eigenvalue weighted by molar-refractivity contribution is 0.0734. The summed E-state index contributed by atoms with van der Waals surface area (Å²) in [6, 6.07) is 8.85. The minimum absolute atomic E-state index is 0.0698. The summed E-state index contributed by atoms with van der Waals surface area (Å²) in [6.45, 7) is 3.40. The van der Waals surface area contributed by atoms with Crippen molar-refractivity contribution in [2.45, 2.75) is 31.1 Å². The van der Waals surface area contributed by atoms with E-state index in [1.54, 1.807) is 18.3 Å². The molecule has 2 N–H and O–H groups in total. The molecule has 0 amide bonds. The fourth-order valence-corrected chi connectivity index (χ4v) is 4.63. The third-order valence-corrected chi connectivity index (χ3v) is 6.49. The summed E-state index contributed by atoms with van der Waals surface area (Å²) in [6.07, 6.45) is 4.35. The van der Waals surface area contributed by atoms with E-state index >= 15 is 0 Å². The zero-order valence-electron chi connectivity index (χ0n) is 19.1. The number of hydrogen-bond donors (Lipinski definition) is 2. The fourth-order valence-electron chi connectivity index (χ4n) is 4.63. The predicted molar refractivity (Wildman–Crippen MR) is 125 cm³/mol. The van der Waals surface area contributed by atoms with Crippen LogP contribution in [-0.4, -0.2) is 72.0 Å². The Hall–Kier alpha value is -3.01. The Labute approximate surface area is 197 Å². The number of pyridine rings is 2. The van der Waals surface area contributed by atoms with Crippen LogP contribution in [0.5, 0.6) is 17.4 Å². The maximum Gasteiger partial charge on any atom is 0.257 e. The Morgan fingerprint density at radius 2 is 2.09 bits per heavy atom. The molecule has 0 saturated carbocycles. The van der Waals surface area contributed by atoms with Gasteiger partial charge in [0.15, 0.2) is 11.6 Å². The van der Waals surface area contributed by atoms with Crippen LogP contribution in [0.2, 0.25) is 0 Å². The van der Waals surface area contributed by atoms with Gasteiger partial charge < -0.3 is 29.5 Å². The summed E-state index contributed by atoms with van der Waals surface area (Å²) in [7, 11) is 1.49. The molecule has 8 nitrogen and oxygen atoms in total. The lowest BCUT2D eigenvalue weighted by Gasteiger charge is -2.34. The van der Waals surface area contributed by atoms with Crippen LogP contribution in [0.1, 0.15) is 24.5 Å². The van der Waals surface area contributed by atoms with E-state index in [0.29, 0.717) is 54.1 Å². The zero-order chi connectivity index (χ0) is 23.5. The molecule has 4 heterocycles. The number of nitrogens with one attached hydrogen (secondary N) is 1. The van der Waals surface area contributed by atoms with Crippen LogP contribution in [0.3, 0.4) is 0 Å². The second-order valence-corrected chi connectivity index (χ2v) is 8.76. The molecule has 5 rings (SSSR count). The van der Waals surface area contributed by atoms with E-state index < -0.39 is 11.9 Å². The van der Waals surface area contributed by atoms with Gasteiger partial charge in [-0.3, -0.25) is 4.98 Å². The van der Waals surface area contributed by atoms with Gasteiger partial charge in [0.1, 0.15) is 24.0 Å². The van der Waals surface area contributed by atoms with Crippen molar-refractivity contribution in [2.24, 2.45) is 0 Å². The Bertz CT molecular complexity index is 1140. The quantitative estimate of drug-likeness (QED) is 0.547. The Kier molecular flexibility index (Phi) is 6.75. The summed E-state index contributed by atoms with van der Waals surface area (Å²) in [5, 5.41) is 15.1. The summed E-state index contributed by atoms with van der Waals surface area (Å²) in [5.41, 5.74) is 0.901. The predicted octanol–water partition coefficient (Wildman–Crippen LogP) is 2.70. The highest BCUT2D eigenvalue weighted by molar-refractivity contribution is 5.84. The summed E-state index contributed by atoms with van der Waals surface area (Å²) in [4.78, 5) is 10.6. The van der Waals surface area contributed by atoms with E-state index in [1.807, 2.05) is 12.1 Å². The van der Waals surface area contributed by atoms with Gasteiger partial charge >= 0.3 is 0 Å². The van der Waals surface area contributed by atoms with Crippen molar-refractivity contribution < 1.29 is 23.7 Å². The average molecular weight is 469 g/mol. The van der Waals surface area contributed by atoms with Crippen LogP contribution in [-0.2, 0) is 0 Å². The van der Waals surface area contributed by atoms with Crippen molar-refractivity contribution in [1.82, 2.24) is 20.2 Å². The molecule has 1 saturated heterocycles.